The standard InChI is InChI=1S/C13H16ClN3O4/c1-9(13(18)16-4-6-21-7-5-16)15-11-3-2-10(14)8-12(11)17(19)20/h2-3,8-9,15H,4-7H2,1H3. The van der Waals surface area contributed by atoms with Gasteiger partial charge in [-0.25, -0.2) is 0 Å². The zero-order valence-electron chi connectivity index (χ0n) is 11.5. The van der Waals surface area contributed by atoms with Gasteiger partial charge in [0.15, 0.2) is 0 Å². The van der Waals surface area contributed by atoms with E-state index in [2.05, 4.69) is 5.32 Å². The maximum absolute atomic E-state index is 12.3. The van der Waals surface area contributed by atoms with Crippen molar-refractivity contribution in [2.75, 3.05) is 31.6 Å². The number of nitro groups is 1. The Morgan fingerprint density at radius 3 is 2.76 bits per heavy atom. The summed E-state index contributed by atoms with van der Waals surface area (Å²) in [6.45, 7) is 3.77. The van der Waals surface area contributed by atoms with E-state index in [1.54, 1.807) is 17.9 Å². The van der Waals surface area contributed by atoms with E-state index in [0.717, 1.165) is 0 Å². The molecule has 1 aliphatic heterocycles. The summed E-state index contributed by atoms with van der Waals surface area (Å²) in [7, 11) is 0. The number of hydrogen-bond donors (Lipinski definition) is 1. The van der Waals surface area contributed by atoms with Gasteiger partial charge in [0, 0.05) is 24.2 Å². The smallest absolute Gasteiger partial charge is 0.293 e. The molecule has 21 heavy (non-hydrogen) atoms. The Labute approximate surface area is 127 Å². The number of ether oxygens (including phenoxy) is 1. The van der Waals surface area contributed by atoms with Crippen LogP contribution in [0.2, 0.25) is 5.02 Å². The predicted octanol–water partition coefficient (Wildman–Crippen LogP) is 1.91. The molecule has 8 heteroatoms. The zero-order chi connectivity index (χ0) is 15.4. The Balaban J connectivity index is 2.10. The van der Waals surface area contributed by atoms with Gasteiger partial charge in [-0.1, -0.05) is 11.6 Å². The molecule has 2 rings (SSSR count). The summed E-state index contributed by atoms with van der Waals surface area (Å²) in [6.07, 6.45) is 0. The van der Waals surface area contributed by atoms with Gasteiger partial charge in [-0.05, 0) is 19.1 Å². The van der Waals surface area contributed by atoms with Crippen molar-refractivity contribution in [2.45, 2.75) is 13.0 Å². The van der Waals surface area contributed by atoms with Gasteiger partial charge in [0.25, 0.3) is 5.69 Å². The number of rotatable bonds is 4. The minimum absolute atomic E-state index is 0.109. The molecule has 7 nitrogen and oxygen atoms in total. The molecule has 0 bridgehead atoms. The van der Waals surface area contributed by atoms with Crippen LogP contribution < -0.4 is 5.32 Å². The van der Waals surface area contributed by atoms with Crippen LogP contribution in [-0.2, 0) is 9.53 Å². The van der Waals surface area contributed by atoms with Crippen molar-refractivity contribution < 1.29 is 14.5 Å². The summed E-state index contributed by atoms with van der Waals surface area (Å²) in [5.74, 6) is -0.109. The Bertz CT molecular complexity index is 546. The van der Waals surface area contributed by atoms with Crippen molar-refractivity contribution in [3.05, 3.63) is 33.3 Å². The second kappa shape index (κ2) is 6.73. The fraction of sp³-hybridized carbons (Fsp3) is 0.462. The molecule has 1 unspecified atom stereocenters. The van der Waals surface area contributed by atoms with E-state index in [0.29, 0.717) is 26.3 Å². The number of morpholine rings is 1. The third-order valence-corrected chi connectivity index (χ3v) is 3.46. The molecule has 0 radical (unpaired) electrons. The van der Waals surface area contributed by atoms with Crippen LogP contribution in [0.15, 0.2) is 18.2 Å². The first kappa shape index (κ1) is 15.5. The summed E-state index contributed by atoms with van der Waals surface area (Å²) in [6, 6.07) is 3.74. The number of anilines is 1. The summed E-state index contributed by atoms with van der Waals surface area (Å²) < 4.78 is 5.19. The first-order chi connectivity index (χ1) is 9.99. The zero-order valence-corrected chi connectivity index (χ0v) is 12.3. The molecule has 1 aliphatic rings. The molecule has 1 aromatic carbocycles. The third-order valence-electron chi connectivity index (χ3n) is 3.22. The third kappa shape index (κ3) is 3.83. The Hall–Kier alpha value is -1.86. The van der Waals surface area contributed by atoms with E-state index in [-0.39, 0.29) is 22.3 Å². The van der Waals surface area contributed by atoms with E-state index < -0.39 is 11.0 Å². The van der Waals surface area contributed by atoms with Crippen molar-refractivity contribution in [1.29, 1.82) is 0 Å². The molecule has 1 N–H and O–H groups in total. The lowest BCUT2D eigenvalue weighted by Gasteiger charge is -2.29. The summed E-state index contributed by atoms with van der Waals surface area (Å²) in [5, 5.41) is 14.2. The molecule has 114 valence electrons. The Morgan fingerprint density at radius 1 is 1.48 bits per heavy atom. The number of benzene rings is 1. The average Bonchev–Trinajstić information content (AvgIpc) is 2.49. The summed E-state index contributed by atoms with van der Waals surface area (Å²) in [4.78, 5) is 24.4. The monoisotopic (exact) mass is 313 g/mol. The van der Waals surface area contributed by atoms with Gasteiger partial charge in [0.05, 0.1) is 18.1 Å². The quantitative estimate of drug-likeness (QED) is 0.678. The highest BCUT2D eigenvalue weighted by Crippen LogP contribution is 2.28. The first-order valence-corrected chi connectivity index (χ1v) is 6.94. The molecule has 0 aromatic heterocycles. The molecule has 1 aromatic rings. The van der Waals surface area contributed by atoms with Crippen molar-refractivity contribution in [3.63, 3.8) is 0 Å². The summed E-state index contributed by atoms with van der Waals surface area (Å²) in [5.41, 5.74) is 0.127. The Morgan fingerprint density at radius 2 is 2.14 bits per heavy atom. The number of nitro benzene ring substituents is 1. The number of halogens is 1. The van der Waals surface area contributed by atoms with Gasteiger partial charge in [0.2, 0.25) is 5.91 Å². The molecule has 0 saturated carbocycles. The number of nitrogens with zero attached hydrogens (tertiary/aromatic N) is 2. The number of hydrogen-bond acceptors (Lipinski definition) is 5. The van der Waals surface area contributed by atoms with Crippen molar-refractivity contribution in [2.24, 2.45) is 0 Å². The molecule has 1 fully saturated rings. The van der Waals surface area contributed by atoms with Crippen LogP contribution in [0.25, 0.3) is 0 Å². The molecule has 0 spiro atoms. The van der Waals surface area contributed by atoms with Crippen LogP contribution in [0.5, 0.6) is 0 Å². The van der Waals surface area contributed by atoms with E-state index in [1.807, 2.05) is 0 Å². The van der Waals surface area contributed by atoms with Crippen molar-refractivity contribution in [3.8, 4) is 0 Å². The van der Waals surface area contributed by atoms with Crippen LogP contribution >= 0.6 is 11.6 Å². The number of carbonyl (C=O) groups is 1. The lowest BCUT2D eigenvalue weighted by molar-refractivity contribution is -0.384. The highest BCUT2D eigenvalue weighted by atomic mass is 35.5. The second-order valence-corrected chi connectivity index (χ2v) is 5.16. The fourth-order valence-electron chi connectivity index (χ4n) is 2.13. The number of nitrogens with one attached hydrogen (secondary N) is 1. The Kier molecular flexibility index (Phi) is 4.98. The predicted molar refractivity (Wildman–Crippen MR) is 78.6 cm³/mol. The molecule has 1 atom stereocenters. The average molecular weight is 314 g/mol. The normalized spacial score (nSPS) is 16.4. The van der Waals surface area contributed by atoms with Crippen LogP contribution in [-0.4, -0.2) is 48.1 Å². The maximum Gasteiger partial charge on any atom is 0.293 e. The molecular formula is C13H16ClN3O4. The molecular weight excluding hydrogens is 298 g/mol. The molecule has 1 heterocycles. The topological polar surface area (TPSA) is 84.7 Å². The van der Waals surface area contributed by atoms with Gasteiger partial charge in [0.1, 0.15) is 11.7 Å². The SMILES string of the molecule is CC(Nc1ccc(Cl)cc1[N+](=O)[O-])C(=O)N1CCOCC1. The minimum Gasteiger partial charge on any atom is -0.378 e. The van der Waals surface area contributed by atoms with E-state index in [1.165, 1.54) is 12.1 Å². The lowest BCUT2D eigenvalue weighted by atomic mass is 10.2. The number of carbonyl (C=O) groups excluding carboxylic acids is 1. The van der Waals surface area contributed by atoms with Gasteiger partial charge >= 0.3 is 0 Å². The van der Waals surface area contributed by atoms with Crippen LogP contribution in [0, 0.1) is 10.1 Å². The van der Waals surface area contributed by atoms with E-state index in [9.17, 15) is 14.9 Å². The largest absolute Gasteiger partial charge is 0.378 e. The molecule has 0 aliphatic carbocycles. The lowest BCUT2D eigenvalue weighted by Crippen LogP contribution is -2.47. The van der Waals surface area contributed by atoms with Crippen LogP contribution in [0.4, 0.5) is 11.4 Å². The fourth-order valence-corrected chi connectivity index (χ4v) is 2.30. The highest BCUT2D eigenvalue weighted by Gasteiger charge is 2.24. The molecule has 1 saturated heterocycles. The van der Waals surface area contributed by atoms with Crippen LogP contribution in [0.3, 0.4) is 0 Å². The van der Waals surface area contributed by atoms with Crippen LogP contribution in [0.1, 0.15) is 6.92 Å². The van der Waals surface area contributed by atoms with Gasteiger partial charge in [-0.3, -0.25) is 14.9 Å². The van der Waals surface area contributed by atoms with Gasteiger partial charge < -0.3 is 15.0 Å². The second-order valence-electron chi connectivity index (χ2n) is 4.72. The minimum atomic E-state index is -0.567. The van der Waals surface area contributed by atoms with Gasteiger partial charge in [-0.2, -0.15) is 0 Å². The number of amides is 1. The summed E-state index contributed by atoms with van der Waals surface area (Å²) >= 11 is 5.76. The maximum atomic E-state index is 12.3. The van der Waals surface area contributed by atoms with Crippen molar-refractivity contribution in [1.82, 2.24) is 4.90 Å². The van der Waals surface area contributed by atoms with E-state index >= 15 is 0 Å². The van der Waals surface area contributed by atoms with E-state index in [4.69, 9.17) is 16.3 Å². The van der Waals surface area contributed by atoms with Crippen molar-refractivity contribution >= 4 is 28.9 Å². The highest BCUT2D eigenvalue weighted by molar-refractivity contribution is 6.30. The van der Waals surface area contributed by atoms with Gasteiger partial charge in [-0.15, -0.1) is 0 Å². The molecule has 1 amide bonds. The first-order valence-electron chi connectivity index (χ1n) is 6.56.